The lowest BCUT2D eigenvalue weighted by Gasteiger charge is -2.38. The summed E-state index contributed by atoms with van der Waals surface area (Å²) in [5.74, 6) is 0.489. The lowest BCUT2D eigenvalue weighted by atomic mass is 9.79. The molecule has 0 spiro atoms. The molecule has 0 unspecified atom stereocenters. The maximum absolute atomic E-state index is 11.4. The van der Waals surface area contributed by atoms with Gasteiger partial charge in [-0.15, -0.1) is 0 Å². The van der Waals surface area contributed by atoms with Gasteiger partial charge in [0.15, 0.2) is 0 Å². The normalized spacial score (nSPS) is 22.5. The van der Waals surface area contributed by atoms with Gasteiger partial charge in [-0.05, 0) is 17.0 Å². The second kappa shape index (κ2) is 4.63. The molecule has 1 aliphatic rings. The van der Waals surface area contributed by atoms with E-state index in [2.05, 4.69) is 57.3 Å². The lowest BCUT2D eigenvalue weighted by Crippen LogP contribution is -2.46. The first-order chi connectivity index (χ1) is 8.40. The van der Waals surface area contributed by atoms with Crippen LogP contribution in [0.15, 0.2) is 24.3 Å². The second-order valence-electron chi connectivity index (χ2n) is 5.97. The van der Waals surface area contributed by atoms with Crippen LogP contribution >= 0.6 is 0 Å². The number of benzene rings is 1. The Balaban J connectivity index is 2.34. The van der Waals surface area contributed by atoms with Crippen LogP contribution in [0.2, 0.25) is 0 Å². The van der Waals surface area contributed by atoms with Crippen LogP contribution in [0.1, 0.15) is 50.8 Å². The number of nitrogens with one attached hydrogen (secondary N) is 1. The summed E-state index contributed by atoms with van der Waals surface area (Å²) in [5.41, 5.74) is 2.36. The molecule has 1 aromatic carbocycles. The van der Waals surface area contributed by atoms with E-state index in [0.29, 0.717) is 12.5 Å². The Kier molecular flexibility index (Phi) is 3.33. The highest BCUT2D eigenvalue weighted by atomic mass is 16.6. The maximum atomic E-state index is 11.4. The number of hydrogen-bond donors (Lipinski definition) is 1. The van der Waals surface area contributed by atoms with E-state index in [1.165, 1.54) is 5.56 Å². The average molecular weight is 247 g/mol. The molecule has 0 radical (unpaired) electrons. The molecule has 1 N–H and O–H groups in total. The third-order valence-electron chi connectivity index (χ3n) is 3.53. The number of hydrogen-bond acceptors (Lipinski definition) is 2. The quantitative estimate of drug-likeness (QED) is 0.866. The number of carbonyl (C=O) groups is 1. The molecule has 1 aromatic rings. The molecule has 0 bridgehead atoms. The summed E-state index contributed by atoms with van der Waals surface area (Å²) in [6, 6.07) is 8.45. The first-order valence-corrected chi connectivity index (χ1v) is 6.43. The van der Waals surface area contributed by atoms with Crippen molar-refractivity contribution in [2.75, 3.05) is 6.61 Å². The molecule has 3 nitrogen and oxygen atoms in total. The molecule has 0 saturated carbocycles. The number of amides is 1. The van der Waals surface area contributed by atoms with Gasteiger partial charge in [-0.3, -0.25) is 0 Å². The topological polar surface area (TPSA) is 38.3 Å². The fraction of sp³-hybridized carbons (Fsp3) is 0.533. The van der Waals surface area contributed by atoms with Crippen molar-refractivity contribution in [3.05, 3.63) is 35.4 Å². The highest BCUT2D eigenvalue weighted by Crippen LogP contribution is 2.37. The predicted octanol–water partition coefficient (Wildman–Crippen LogP) is 3.62. The van der Waals surface area contributed by atoms with Crippen molar-refractivity contribution < 1.29 is 9.53 Å². The van der Waals surface area contributed by atoms with Crippen molar-refractivity contribution in [2.24, 2.45) is 5.41 Å². The minimum atomic E-state index is -0.325. The summed E-state index contributed by atoms with van der Waals surface area (Å²) in [5, 5.41) is 2.93. The Morgan fingerprint density at radius 3 is 2.78 bits per heavy atom. The predicted molar refractivity (Wildman–Crippen MR) is 71.5 cm³/mol. The van der Waals surface area contributed by atoms with Crippen LogP contribution in [0.25, 0.3) is 0 Å². The third-order valence-corrected chi connectivity index (χ3v) is 3.53. The largest absolute Gasteiger partial charge is 0.449 e. The van der Waals surface area contributed by atoms with Crippen LogP contribution in [-0.4, -0.2) is 12.7 Å². The van der Waals surface area contributed by atoms with Gasteiger partial charge in [0.05, 0.1) is 6.04 Å². The number of ether oxygens (including phenoxy) is 1. The molecule has 1 amide bonds. The minimum absolute atomic E-state index is 0.0115. The summed E-state index contributed by atoms with van der Waals surface area (Å²) in [6.07, 6.45) is -0.325. The van der Waals surface area contributed by atoms with Gasteiger partial charge in [0.25, 0.3) is 0 Å². The Bertz CT molecular complexity index is 452. The van der Waals surface area contributed by atoms with Gasteiger partial charge in [0.1, 0.15) is 6.61 Å². The number of rotatable bonds is 2. The molecule has 2 rings (SSSR count). The molecular weight excluding hydrogens is 226 g/mol. The van der Waals surface area contributed by atoms with E-state index in [9.17, 15) is 4.79 Å². The standard InChI is InChI=1S/C15H21NO2/c1-10(2)11-6-5-7-12(8-11)13-15(3,4)9-18-14(17)16-13/h5-8,10,13H,9H2,1-4H3,(H,16,17)/t13-/m0/s1. The Labute approximate surface area is 109 Å². The SMILES string of the molecule is CC(C)c1cccc([C@@H]2NC(=O)OCC2(C)C)c1. The molecule has 0 aromatic heterocycles. The van der Waals surface area contributed by atoms with Crippen LogP contribution in [0.5, 0.6) is 0 Å². The van der Waals surface area contributed by atoms with E-state index < -0.39 is 0 Å². The summed E-state index contributed by atoms with van der Waals surface area (Å²) in [4.78, 5) is 11.4. The van der Waals surface area contributed by atoms with Crippen LogP contribution in [0.4, 0.5) is 4.79 Å². The first kappa shape index (κ1) is 12.9. The molecule has 3 heteroatoms. The third kappa shape index (κ3) is 2.50. The highest BCUT2D eigenvalue weighted by Gasteiger charge is 2.37. The fourth-order valence-corrected chi connectivity index (χ4v) is 2.32. The highest BCUT2D eigenvalue weighted by molar-refractivity contribution is 5.69. The molecular formula is C15H21NO2. The van der Waals surface area contributed by atoms with Gasteiger partial charge < -0.3 is 10.1 Å². The zero-order valence-corrected chi connectivity index (χ0v) is 11.5. The number of cyclic esters (lactones) is 1. The van der Waals surface area contributed by atoms with Gasteiger partial charge in [0, 0.05) is 5.41 Å². The summed E-state index contributed by atoms with van der Waals surface area (Å²) < 4.78 is 5.07. The van der Waals surface area contributed by atoms with Gasteiger partial charge in [0.2, 0.25) is 0 Å². The van der Waals surface area contributed by atoms with E-state index in [-0.39, 0.29) is 17.6 Å². The van der Waals surface area contributed by atoms with Crippen LogP contribution in [0.3, 0.4) is 0 Å². The van der Waals surface area contributed by atoms with Crippen molar-refractivity contribution in [2.45, 2.75) is 39.7 Å². The van der Waals surface area contributed by atoms with Crippen molar-refractivity contribution in [1.29, 1.82) is 0 Å². The van der Waals surface area contributed by atoms with Gasteiger partial charge >= 0.3 is 6.09 Å². The Morgan fingerprint density at radius 2 is 2.11 bits per heavy atom. The Hall–Kier alpha value is -1.51. The lowest BCUT2D eigenvalue weighted by molar-refractivity contribution is 0.0387. The van der Waals surface area contributed by atoms with Crippen molar-refractivity contribution >= 4 is 6.09 Å². The smallest absolute Gasteiger partial charge is 0.407 e. The first-order valence-electron chi connectivity index (χ1n) is 6.43. The van der Waals surface area contributed by atoms with E-state index >= 15 is 0 Å². The van der Waals surface area contributed by atoms with E-state index in [0.717, 1.165) is 5.56 Å². The number of alkyl carbamates (subject to hydrolysis) is 1. The molecule has 0 aliphatic carbocycles. The number of carbonyl (C=O) groups excluding carboxylic acids is 1. The van der Waals surface area contributed by atoms with Crippen molar-refractivity contribution in [1.82, 2.24) is 5.32 Å². The summed E-state index contributed by atoms with van der Waals surface area (Å²) in [7, 11) is 0. The summed E-state index contributed by atoms with van der Waals surface area (Å²) in [6.45, 7) is 9.02. The monoisotopic (exact) mass is 247 g/mol. The molecule has 1 atom stereocenters. The van der Waals surface area contributed by atoms with E-state index in [4.69, 9.17) is 4.74 Å². The van der Waals surface area contributed by atoms with Crippen molar-refractivity contribution in [3.8, 4) is 0 Å². The van der Waals surface area contributed by atoms with Crippen LogP contribution in [-0.2, 0) is 4.74 Å². The zero-order chi connectivity index (χ0) is 13.3. The molecule has 1 aliphatic heterocycles. The van der Waals surface area contributed by atoms with Gasteiger partial charge in [-0.25, -0.2) is 4.79 Å². The molecule has 1 saturated heterocycles. The van der Waals surface area contributed by atoms with Crippen LogP contribution in [0, 0.1) is 5.41 Å². The molecule has 1 fully saturated rings. The second-order valence-corrected chi connectivity index (χ2v) is 5.97. The van der Waals surface area contributed by atoms with E-state index in [1.54, 1.807) is 0 Å². The average Bonchev–Trinajstić information content (AvgIpc) is 2.32. The summed E-state index contributed by atoms with van der Waals surface area (Å²) >= 11 is 0. The minimum Gasteiger partial charge on any atom is -0.449 e. The van der Waals surface area contributed by atoms with Crippen LogP contribution < -0.4 is 5.32 Å². The van der Waals surface area contributed by atoms with Gasteiger partial charge in [-0.2, -0.15) is 0 Å². The van der Waals surface area contributed by atoms with Crippen molar-refractivity contribution in [3.63, 3.8) is 0 Å². The van der Waals surface area contributed by atoms with Gasteiger partial charge in [-0.1, -0.05) is 52.0 Å². The molecule has 98 valence electrons. The fourth-order valence-electron chi connectivity index (χ4n) is 2.32. The molecule has 18 heavy (non-hydrogen) atoms. The Morgan fingerprint density at radius 1 is 1.39 bits per heavy atom. The maximum Gasteiger partial charge on any atom is 0.407 e. The molecule has 1 heterocycles. The van der Waals surface area contributed by atoms with E-state index in [1.807, 2.05) is 0 Å². The zero-order valence-electron chi connectivity index (χ0n) is 11.5.